The predicted octanol–water partition coefficient (Wildman–Crippen LogP) is 1.78. The number of hydrogen-bond acceptors (Lipinski definition) is 2. The molecule has 0 spiro atoms. The van der Waals surface area contributed by atoms with Crippen molar-refractivity contribution in [1.29, 1.82) is 0 Å². The Balaban J connectivity index is 2.20. The van der Waals surface area contributed by atoms with E-state index in [2.05, 4.69) is 0 Å². The first-order chi connectivity index (χ1) is 5.80. The molecule has 1 atom stereocenters. The van der Waals surface area contributed by atoms with Gasteiger partial charge in [0.1, 0.15) is 6.29 Å². The quantitative estimate of drug-likeness (QED) is 0.587. The maximum atomic E-state index is 11.0. The van der Waals surface area contributed by atoms with Crippen LogP contribution in [0.1, 0.15) is 32.1 Å². The summed E-state index contributed by atoms with van der Waals surface area (Å²) >= 11 is 0. The second-order valence-electron chi connectivity index (χ2n) is 4.25. The van der Waals surface area contributed by atoms with Crippen LogP contribution in [0, 0.1) is 11.3 Å². The lowest BCUT2D eigenvalue weighted by Gasteiger charge is -2.48. The molecule has 0 heterocycles. The van der Waals surface area contributed by atoms with E-state index >= 15 is 0 Å². The average Bonchev–Trinajstić information content (AvgIpc) is 2.19. The minimum absolute atomic E-state index is 0.108. The fourth-order valence-electron chi connectivity index (χ4n) is 2.83. The van der Waals surface area contributed by atoms with Crippen molar-refractivity contribution in [3.8, 4) is 0 Å². The Kier molecular flexibility index (Phi) is 1.95. The van der Waals surface area contributed by atoms with Crippen LogP contribution in [0.15, 0.2) is 0 Å². The third kappa shape index (κ3) is 1.01. The Morgan fingerprint density at radius 1 is 1.42 bits per heavy atom. The summed E-state index contributed by atoms with van der Waals surface area (Å²) in [6, 6.07) is 0. The van der Waals surface area contributed by atoms with Crippen LogP contribution in [0.25, 0.3) is 0 Å². The summed E-state index contributed by atoms with van der Waals surface area (Å²) in [5.41, 5.74) is -0.108. The fourth-order valence-corrected chi connectivity index (χ4v) is 2.83. The van der Waals surface area contributed by atoms with Gasteiger partial charge in [0.25, 0.3) is 0 Å². The van der Waals surface area contributed by atoms with Gasteiger partial charge >= 0.3 is 0 Å². The van der Waals surface area contributed by atoms with Gasteiger partial charge < -0.3 is 9.53 Å². The SMILES string of the molecule is COC1CC2CCC1(C=O)CC2. The minimum atomic E-state index is -0.108. The van der Waals surface area contributed by atoms with E-state index in [4.69, 9.17) is 4.74 Å². The lowest BCUT2D eigenvalue weighted by atomic mass is 9.60. The molecule has 1 unspecified atom stereocenters. The lowest BCUT2D eigenvalue weighted by molar-refractivity contribution is -0.139. The van der Waals surface area contributed by atoms with Gasteiger partial charge in [-0.3, -0.25) is 0 Å². The molecule has 0 radical (unpaired) electrons. The summed E-state index contributed by atoms with van der Waals surface area (Å²) in [5, 5.41) is 0. The molecular weight excluding hydrogens is 152 g/mol. The average molecular weight is 168 g/mol. The third-order valence-corrected chi connectivity index (χ3v) is 3.74. The van der Waals surface area contributed by atoms with Gasteiger partial charge in [0, 0.05) is 7.11 Å². The molecule has 3 fully saturated rings. The molecule has 2 bridgehead atoms. The highest BCUT2D eigenvalue weighted by Crippen LogP contribution is 2.49. The molecule has 12 heavy (non-hydrogen) atoms. The van der Waals surface area contributed by atoms with Gasteiger partial charge in [-0.05, 0) is 38.0 Å². The molecule has 2 heteroatoms. The molecule has 0 aromatic rings. The van der Waals surface area contributed by atoms with Crippen molar-refractivity contribution in [3.05, 3.63) is 0 Å². The monoisotopic (exact) mass is 168 g/mol. The first kappa shape index (κ1) is 8.24. The maximum absolute atomic E-state index is 11.0. The molecule has 0 saturated heterocycles. The van der Waals surface area contributed by atoms with E-state index in [0.29, 0.717) is 0 Å². The van der Waals surface area contributed by atoms with Gasteiger partial charge in [-0.2, -0.15) is 0 Å². The van der Waals surface area contributed by atoms with E-state index in [-0.39, 0.29) is 11.5 Å². The third-order valence-electron chi connectivity index (χ3n) is 3.74. The Bertz CT molecular complexity index is 180. The number of methoxy groups -OCH3 is 1. The van der Waals surface area contributed by atoms with Gasteiger partial charge in [0.15, 0.2) is 0 Å². The van der Waals surface area contributed by atoms with Gasteiger partial charge in [0.05, 0.1) is 11.5 Å². The lowest BCUT2D eigenvalue weighted by Crippen LogP contribution is -2.47. The zero-order valence-electron chi connectivity index (χ0n) is 7.58. The summed E-state index contributed by atoms with van der Waals surface area (Å²) in [6.07, 6.45) is 7.05. The molecule has 0 aliphatic heterocycles. The standard InChI is InChI=1S/C10H16O2/c1-12-9-6-8-2-4-10(9,7-11)5-3-8/h7-9H,2-6H2,1H3. The number of carbonyl (C=O) groups excluding carboxylic acids is 1. The molecule has 0 aromatic carbocycles. The smallest absolute Gasteiger partial charge is 0.128 e. The van der Waals surface area contributed by atoms with Crippen molar-refractivity contribution in [3.63, 3.8) is 0 Å². The van der Waals surface area contributed by atoms with Crippen LogP contribution in [0.3, 0.4) is 0 Å². The van der Waals surface area contributed by atoms with Gasteiger partial charge in [-0.15, -0.1) is 0 Å². The van der Waals surface area contributed by atoms with Crippen LogP contribution in [-0.4, -0.2) is 19.5 Å². The maximum Gasteiger partial charge on any atom is 0.128 e. The number of hydrogen-bond donors (Lipinski definition) is 0. The molecular formula is C10H16O2. The van der Waals surface area contributed by atoms with E-state index in [0.717, 1.165) is 31.5 Å². The van der Waals surface area contributed by atoms with Crippen molar-refractivity contribution >= 4 is 6.29 Å². The minimum Gasteiger partial charge on any atom is -0.380 e. The molecule has 3 aliphatic carbocycles. The first-order valence-corrected chi connectivity index (χ1v) is 4.80. The molecule has 68 valence electrons. The summed E-state index contributed by atoms with van der Waals surface area (Å²) in [5.74, 6) is 0.830. The molecule has 0 aromatic heterocycles. The Morgan fingerprint density at radius 3 is 2.50 bits per heavy atom. The Morgan fingerprint density at radius 2 is 2.08 bits per heavy atom. The van der Waals surface area contributed by atoms with Gasteiger partial charge in [0.2, 0.25) is 0 Å². The van der Waals surface area contributed by atoms with Crippen LogP contribution < -0.4 is 0 Å². The van der Waals surface area contributed by atoms with Crippen molar-refractivity contribution < 1.29 is 9.53 Å². The van der Waals surface area contributed by atoms with E-state index in [1.54, 1.807) is 7.11 Å². The summed E-state index contributed by atoms with van der Waals surface area (Å²) < 4.78 is 5.39. The van der Waals surface area contributed by atoms with Crippen molar-refractivity contribution in [2.45, 2.75) is 38.2 Å². The highest BCUT2D eigenvalue weighted by molar-refractivity contribution is 5.61. The second-order valence-corrected chi connectivity index (χ2v) is 4.25. The van der Waals surface area contributed by atoms with Crippen molar-refractivity contribution in [2.75, 3.05) is 7.11 Å². The summed E-state index contributed by atoms with van der Waals surface area (Å²) in [7, 11) is 1.73. The summed E-state index contributed by atoms with van der Waals surface area (Å²) in [6.45, 7) is 0. The van der Waals surface area contributed by atoms with Crippen LogP contribution >= 0.6 is 0 Å². The Hall–Kier alpha value is -0.370. The van der Waals surface area contributed by atoms with E-state index in [9.17, 15) is 4.79 Å². The number of aldehydes is 1. The topological polar surface area (TPSA) is 26.3 Å². The van der Waals surface area contributed by atoms with Gasteiger partial charge in [-0.25, -0.2) is 0 Å². The number of fused-ring (bicyclic) bond motifs is 3. The fraction of sp³-hybridized carbons (Fsp3) is 0.900. The van der Waals surface area contributed by atoms with E-state index in [1.165, 1.54) is 12.8 Å². The van der Waals surface area contributed by atoms with Crippen molar-refractivity contribution in [1.82, 2.24) is 0 Å². The zero-order chi connectivity index (χ0) is 8.60. The molecule has 3 saturated carbocycles. The summed E-state index contributed by atoms with van der Waals surface area (Å²) in [4.78, 5) is 11.0. The van der Waals surface area contributed by atoms with Crippen LogP contribution in [0.2, 0.25) is 0 Å². The number of carbonyl (C=O) groups is 1. The number of ether oxygens (including phenoxy) is 1. The first-order valence-electron chi connectivity index (χ1n) is 4.80. The van der Waals surface area contributed by atoms with Crippen LogP contribution in [0.4, 0.5) is 0 Å². The largest absolute Gasteiger partial charge is 0.380 e. The van der Waals surface area contributed by atoms with Crippen LogP contribution in [-0.2, 0) is 9.53 Å². The highest BCUT2D eigenvalue weighted by Gasteiger charge is 2.47. The van der Waals surface area contributed by atoms with E-state index < -0.39 is 0 Å². The molecule has 0 N–H and O–H groups in total. The molecule has 2 nitrogen and oxygen atoms in total. The number of rotatable bonds is 2. The van der Waals surface area contributed by atoms with Crippen molar-refractivity contribution in [2.24, 2.45) is 11.3 Å². The zero-order valence-corrected chi connectivity index (χ0v) is 7.58. The second kappa shape index (κ2) is 2.84. The Labute approximate surface area is 73.3 Å². The normalized spacial score (nSPS) is 46.1. The van der Waals surface area contributed by atoms with Gasteiger partial charge in [-0.1, -0.05) is 0 Å². The molecule has 3 rings (SSSR count). The highest BCUT2D eigenvalue weighted by atomic mass is 16.5. The molecule has 3 aliphatic rings. The molecule has 0 amide bonds. The predicted molar refractivity (Wildman–Crippen MR) is 45.9 cm³/mol. The van der Waals surface area contributed by atoms with E-state index in [1.807, 2.05) is 0 Å². The van der Waals surface area contributed by atoms with Crippen LogP contribution in [0.5, 0.6) is 0 Å².